The first-order valence-electron chi connectivity index (χ1n) is 8.76. The normalized spacial score (nSPS) is 10.9. The van der Waals surface area contributed by atoms with Gasteiger partial charge in [-0.25, -0.2) is 4.98 Å². The Hall–Kier alpha value is -3.26. The number of anilines is 1. The zero-order chi connectivity index (χ0) is 20.5. The molecule has 0 spiro atoms. The van der Waals surface area contributed by atoms with Crippen LogP contribution in [0.4, 0.5) is 5.82 Å². The molecule has 0 atom stereocenters. The van der Waals surface area contributed by atoms with Gasteiger partial charge in [0, 0.05) is 10.0 Å². The number of pyridine rings is 1. The van der Waals surface area contributed by atoms with Crippen molar-refractivity contribution < 1.29 is 14.2 Å². The smallest absolute Gasteiger partial charge is 0.203 e. The Morgan fingerprint density at radius 1 is 0.897 bits per heavy atom. The van der Waals surface area contributed by atoms with Gasteiger partial charge >= 0.3 is 0 Å². The van der Waals surface area contributed by atoms with Gasteiger partial charge in [0.2, 0.25) is 5.75 Å². The third-order valence-electron chi connectivity index (χ3n) is 4.67. The number of nitrogens with two attached hydrogens (primary N) is 1. The summed E-state index contributed by atoms with van der Waals surface area (Å²) in [5, 5.41) is 7.83. The second kappa shape index (κ2) is 7.63. The van der Waals surface area contributed by atoms with Crippen molar-refractivity contribution in [2.45, 2.75) is 0 Å². The van der Waals surface area contributed by atoms with E-state index in [0.717, 1.165) is 32.2 Å². The number of ether oxygens (including phenoxy) is 3. The van der Waals surface area contributed by atoms with Gasteiger partial charge in [-0.05, 0) is 41.5 Å². The Labute approximate surface area is 175 Å². The Balaban J connectivity index is 2.00. The topological polar surface area (TPSA) is 95.3 Å². The summed E-state index contributed by atoms with van der Waals surface area (Å²) in [6.45, 7) is 0. The zero-order valence-corrected chi connectivity index (χ0v) is 17.7. The molecule has 0 aliphatic rings. The van der Waals surface area contributed by atoms with Crippen molar-refractivity contribution in [1.29, 1.82) is 0 Å². The third kappa shape index (κ3) is 3.36. The Morgan fingerprint density at radius 2 is 1.55 bits per heavy atom. The molecule has 3 N–H and O–H groups in total. The van der Waals surface area contributed by atoms with Gasteiger partial charge < -0.3 is 19.9 Å². The maximum absolute atomic E-state index is 6.17. The van der Waals surface area contributed by atoms with E-state index in [4.69, 9.17) is 19.9 Å². The number of benzene rings is 2. The van der Waals surface area contributed by atoms with Crippen LogP contribution >= 0.6 is 15.9 Å². The molecule has 2 aromatic heterocycles. The molecule has 0 radical (unpaired) electrons. The zero-order valence-electron chi connectivity index (χ0n) is 16.1. The number of fused-ring (bicyclic) bond motifs is 1. The lowest BCUT2D eigenvalue weighted by Crippen LogP contribution is -1.97. The number of hydrogen-bond acceptors (Lipinski definition) is 6. The molecule has 2 heterocycles. The molecule has 4 rings (SSSR count). The number of H-pyrrole nitrogens is 1. The van der Waals surface area contributed by atoms with Crippen LogP contribution in [0.25, 0.3) is 33.4 Å². The predicted molar refractivity (Wildman–Crippen MR) is 117 cm³/mol. The van der Waals surface area contributed by atoms with E-state index in [1.807, 2.05) is 42.5 Å². The monoisotopic (exact) mass is 454 g/mol. The molecule has 0 fully saturated rings. The van der Waals surface area contributed by atoms with Gasteiger partial charge in [0.15, 0.2) is 17.1 Å². The highest BCUT2D eigenvalue weighted by molar-refractivity contribution is 9.10. The minimum Gasteiger partial charge on any atom is -0.493 e. The van der Waals surface area contributed by atoms with Crippen molar-refractivity contribution in [3.05, 3.63) is 46.9 Å². The Kier molecular flexibility index (Phi) is 5.02. The van der Waals surface area contributed by atoms with Gasteiger partial charge in [0.25, 0.3) is 0 Å². The fourth-order valence-corrected chi connectivity index (χ4v) is 3.54. The number of aromatic amines is 1. The van der Waals surface area contributed by atoms with Gasteiger partial charge in [-0.2, -0.15) is 5.10 Å². The molecule has 0 amide bonds. The number of aromatic nitrogens is 3. The second-order valence-corrected chi connectivity index (χ2v) is 7.23. The van der Waals surface area contributed by atoms with Crippen LogP contribution < -0.4 is 19.9 Å². The molecule has 2 aromatic carbocycles. The Morgan fingerprint density at radius 3 is 2.14 bits per heavy atom. The number of nitrogen functional groups attached to an aromatic ring is 1. The fourth-order valence-electron chi connectivity index (χ4n) is 3.28. The van der Waals surface area contributed by atoms with E-state index in [-0.39, 0.29) is 0 Å². The van der Waals surface area contributed by atoms with Crippen LogP contribution in [0.1, 0.15) is 0 Å². The SMILES string of the molecule is COc1cc(-c2cc(-c3ccc(Br)cc3)nc3n[nH]c(N)c23)cc(OC)c1OC. The van der Waals surface area contributed by atoms with Crippen molar-refractivity contribution in [3.8, 4) is 39.6 Å². The highest BCUT2D eigenvalue weighted by Crippen LogP contribution is 2.43. The van der Waals surface area contributed by atoms with Crippen molar-refractivity contribution in [2.75, 3.05) is 27.1 Å². The molecule has 0 aliphatic heterocycles. The molecule has 29 heavy (non-hydrogen) atoms. The lowest BCUT2D eigenvalue weighted by molar-refractivity contribution is 0.324. The van der Waals surface area contributed by atoms with Gasteiger partial charge in [-0.15, -0.1) is 0 Å². The number of rotatable bonds is 5. The van der Waals surface area contributed by atoms with E-state index < -0.39 is 0 Å². The first-order chi connectivity index (χ1) is 14.0. The Bertz CT molecular complexity index is 1160. The summed E-state index contributed by atoms with van der Waals surface area (Å²) in [5.74, 6) is 2.08. The highest BCUT2D eigenvalue weighted by Gasteiger charge is 2.19. The molecule has 0 saturated carbocycles. The number of halogens is 1. The maximum Gasteiger partial charge on any atom is 0.203 e. The van der Waals surface area contributed by atoms with Crippen LogP contribution in [0.15, 0.2) is 46.9 Å². The van der Waals surface area contributed by atoms with Gasteiger partial charge in [-0.1, -0.05) is 28.1 Å². The van der Waals surface area contributed by atoms with E-state index in [1.165, 1.54) is 0 Å². The number of hydrogen-bond donors (Lipinski definition) is 2. The molecule has 0 saturated heterocycles. The lowest BCUT2D eigenvalue weighted by atomic mass is 9.99. The van der Waals surface area contributed by atoms with Gasteiger partial charge in [-0.3, -0.25) is 5.10 Å². The molecule has 0 unspecified atom stereocenters. The molecule has 7 nitrogen and oxygen atoms in total. The number of nitrogens with zero attached hydrogens (tertiary/aromatic N) is 2. The average molecular weight is 455 g/mol. The minimum absolute atomic E-state index is 0.443. The van der Waals surface area contributed by atoms with Gasteiger partial charge in [0.05, 0.1) is 32.4 Å². The van der Waals surface area contributed by atoms with Gasteiger partial charge in [0.1, 0.15) is 5.82 Å². The van der Waals surface area contributed by atoms with Crippen LogP contribution in [0, 0.1) is 0 Å². The van der Waals surface area contributed by atoms with Crippen LogP contribution in [0.3, 0.4) is 0 Å². The van der Waals surface area contributed by atoms with E-state index in [2.05, 4.69) is 31.1 Å². The van der Waals surface area contributed by atoms with Crippen LogP contribution in [0.2, 0.25) is 0 Å². The summed E-state index contributed by atoms with van der Waals surface area (Å²) in [5.41, 5.74) is 10.1. The summed E-state index contributed by atoms with van der Waals surface area (Å²) in [6, 6.07) is 13.7. The van der Waals surface area contributed by atoms with Crippen molar-refractivity contribution in [3.63, 3.8) is 0 Å². The maximum atomic E-state index is 6.17. The van der Waals surface area contributed by atoms with E-state index in [0.29, 0.717) is 28.7 Å². The van der Waals surface area contributed by atoms with Crippen LogP contribution in [0.5, 0.6) is 17.2 Å². The summed E-state index contributed by atoms with van der Waals surface area (Å²) in [7, 11) is 4.75. The van der Waals surface area contributed by atoms with E-state index in [9.17, 15) is 0 Å². The first-order valence-corrected chi connectivity index (χ1v) is 9.56. The van der Waals surface area contributed by atoms with E-state index >= 15 is 0 Å². The molecule has 4 aromatic rings. The van der Waals surface area contributed by atoms with Crippen LogP contribution in [-0.4, -0.2) is 36.5 Å². The summed E-state index contributed by atoms with van der Waals surface area (Å²) in [4.78, 5) is 4.68. The number of nitrogens with one attached hydrogen (secondary N) is 1. The molecule has 148 valence electrons. The van der Waals surface area contributed by atoms with Crippen LogP contribution in [-0.2, 0) is 0 Å². The third-order valence-corrected chi connectivity index (χ3v) is 5.20. The molecular formula is C21H19BrN4O3. The quantitative estimate of drug-likeness (QED) is 0.455. The van der Waals surface area contributed by atoms with E-state index in [1.54, 1.807) is 21.3 Å². The molecule has 0 aliphatic carbocycles. The first kappa shape index (κ1) is 19.1. The minimum atomic E-state index is 0.443. The summed E-state index contributed by atoms with van der Waals surface area (Å²) >= 11 is 3.46. The fraction of sp³-hybridized carbons (Fsp3) is 0.143. The highest BCUT2D eigenvalue weighted by atomic mass is 79.9. The summed E-state index contributed by atoms with van der Waals surface area (Å²) < 4.78 is 17.5. The average Bonchev–Trinajstić information content (AvgIpc) is 3.13. The molecule has 8 heteroatoms. The molecular weight excluding hydrogens is 436 g/mol. The lowest BCUT2D eigenvalue weighted by Gasteiger charge is -2.15. The largest absolute Gasteiger partial charge is 0.493 e. The van der Waals surface area contributed by atoms with Crippen molar-refractivity contribution in [2.24, 2.45) is 0 Å². The predicted octanol–water partition coefficient (Wildman–Crippen LogP) is 4.66. The molecule has 0 bridgehead atoms. The number of methoxy groups -OCH3 is 3. The van der Waals surface area contributed by atoms with Crippen molar-refractivity contribution in [1.82, 2.24) is 15.2 Å². The standard InChI is InChI=1S/C21H19BrN4O3/c1-27-16-8-12(9-17(28-2)19(16)29-3)14-10-15(11-4-6-13(22)7-5-11)24-21-18(14)20(23)25-26-21/h4-10H,1-3H3,(H3,23,24,25,26). The second-order valence-electron chi connectivity index (χ2n) is 6.31. The van der Waals surface area contributed by atoms with Crippen molar-refractivity contribution >= 4 is 32.8 Å². The summed E-state index contributed by atoms with van der Waals surface area (Å²) in [6.07, 6.45) is 0.